The molecule has 1 saturated carbocycles. The second kappa shape index (κ2) is 13.7. The number of hydrogen-bond donors (Lipinski definition) is 1. The molecule has 3 aromatic carbocycles. The maximum absolute atomic E-state index is 15.3. The average Bonchev–Trinajstić information content (AvgIpc) is 3.87. The first-order valence-corrected chi connectivity index (χ1v) is 21.4. The second-order valence-corrected chi connectivity index (χ2v) is 18.7. The molecule has 4 aliphatic rings. The highest BCUT2D eigenvalue weighted by Gasteiger charge is 2.68. The molecule has 6 unspecified atom stereocenters. The molecule has 9 rings (SSSR count). The first kappa shape index (κ1) is 38.9. The van der Waals surface area contributed by atoms with Crippen LogP contribution in [0.3, 0.4) is 0 Å². The van der Waals surface area contributed by atoms with Crippen molar-refractivity contribution >= 4 is 106 Å². The first-order chi connectivity index (χ1) is 27.6. The Morgan fingerprint density at radius 3 is 2.40 bits per heavy atom. The van der Waals surface area contributed by atoms with E-state index in [0.717, 1.165) is 26.1 Å². The molecule has 2 aliphatic heterocycles. The highest BCUT2D eigenvalue weighted by molar-refractivity contribution is 9.13. The van der Waals surface area contributed by atoms with Crippen molar-refractivity contribution in [3.63, 3.8) is 0 Å². The molecule has 4 heterocycles. The summed E-state index contributed by atoms with van der Waals surface area (Å²) >= 11 is 15.1. The number of anilines is 2. The van der Waals surface area contributed by atoms with Gasteiger partial charge in [-0.1, -0.05) is 23.3 Å². The van der Waals surface area contributed by atoms with Crippen molar-refractivity contribution in [1.82, 2.24) is 9.78 Å². The Balaban J connectivity index is 1.17. The third kappa shape index (κ3) is 5.40. The Labute approximate surface area is 358 Å². The smallest absolute Gasteiger partial charge is 0.242 e. The summed E-state index contributed by atoms with van der Waals surface area (Å²) in [6, 6.07) is 15.5. The lowest BCUT2D eigenvalue weighted by Crippen LogP contribution is -2.49. The molecule has 6 atom stereocenters. The standard InChI is InChI=1S/C43H35Br2ClN4O7S/c1-18-25-14-21(46)8-13-31(25)58-38(18)29-17-32(48(4)47-29)50-40(54)28-15-26-23(34(43(28,3)42(50)56)27-16-30(57-5)37(52)36(45)35(27)44)11-12-24-33(26)41(55)49(39(24)53)22-9-6-20(7-10-22)19(2)51/h6-11,13-14,16-17,24,26,28,33-34,52H,12,15H2,1-5H3. The molecule has 11 nitrogen and oxygen atoms in total. The molecule has 2 saturated heterocycles. The van der Waals surface area contributed by atoms with Crippen molar-refractivity contribution in [2.75, 3.05) is 16.9 Å². The van der Waals surface area contributed by atoms with Crippen LogP contribution < -0.4 is 14.5 Å². The number of carbonyl (C=O) groups excluding carboxylic acids is 5. The number of amides is 4. The number of halogens is 3. The van der Waals surface area contributed by atoms with Gasteiger partial charge in [-0.2, -0.15) is 5.10 Å². The first-order valence-electron chi connectivity index (χ1n) is 18.6. The zero-order valence-corrected chi connectivity index (χ0v) is 36.5. The van der Waals surface area contributed by atoms with Crippen molar-refractivity contribution in [3.8, 4) is 22.1 Å². The molecule has 0 spiro atoms. The summed E-state index contributed by atoms with van der Waals surface area (Å²) in [5.41, 5.74) is 2.37. The zero-order chi connectivity index (χ0) is 41.3. The number of rotatable bonds is 6. The lowest BCUT2D eigenvalue weighted by molar-refractivity contribution is -0.131. The van der Waals surface area contributed by atoms with Crippen LogP contribution in [0.2, 0.25) is 5.02 Å². The van der Waals surface area contributed by atoms with E-state index in [4.69, 9.17) is 21.4 Å². The van der Waals surface area contributed by atoms with Crippen LogP contribution in [0.5, 0.6) is 11.5 Å². The van der Waals surface area contributed by atoms with Gasteiger partial charge in [0.1, 0.15) is 11.5 Å². The van der Waals surface area contributed by atoms with Crippen LogP contribution in [-0.4, -0.2) is 51.4 Å². The fourth-order valence-electron chi connectivity index (χ4n) is 9.87. The van der Waals surface area contributed by atoms with E-state index in [9.17, 15) is 19.5 Å². The number of carbonyl (C=O) groups is 5. The van der Waals surface area contributed by atoms with Crippen LogP contribution in [0.15, 0.2) is 75.2 Å². The molecule has 2 aromatic heterocycles. The van der Waals surface area contributed by atoms with E-state index in [1.54, 1.807) is 66.4 Å². The second-order valence-electron chi connectivity index (χ2n) is 15.6. The number of imide groups is 2. The number of nitrogens with zero attached hydrogens (tertiary/aromatic N) is 4. The summed E-state index contributed by atoms with van der Waals surface area (Å²) in [5, 5.41) is 17.4. The van der Waals surface area contributed by atoms with E-state index in [-0.39, 0.29) is 36.0 Å². The molecule has 5 aromatic rings. The number of methoxy groups -OCH3 is 1. The normalized spacial score (nSPS) is 25.3. The number of fused-ring (bicyclic) bond motifs is 5. The van der Waals surface area contributed by atoms with Gasteiger partial charge < -0.3 is 9.84 Å². The molecule has 4 amide bonds. The molecule has 58 heavy (non-hydrogen) atoms. The van der Waals surface area contributed by atoms with Crippen LogP contribution in [0.1, 0.15) is 54.1 Å². The number of aromatic hydroxyl groups is 1. The summed E-state index contributed by atoms with van der Waals surface area (Å²) in [6.45, 7) is 5.24. The Bertz CT molecular complexity index is 2730. The van der Waals surface area contributed by atoms with E-state index in [1.807, 2.05) is 31.2 Å². The van der Waals surface area contributed by atoms with Gasteiger partial charge in [-0.15, -0.1) is 11.3 Å². The number of allylic oxidation sites excluding steroid dienone is 2. The molecule has 2 aliphatic carbocycles. The average molecular weight is 947 g/mol. The van der Waals surface area contributed by atoms with Gasteiger partial charge in [0.2, 0.25) is 23.6 Å². The van der Waals surface area contributed by atoms with Crippen LogP contribution in [-0.2, 0) is 26.2 Å². The fraction of sp³-hybridized carbons (Fsp3) is 0.302. The van der Waals surface area contributed by atoms with Crippen molar-refractivity contribution in [2.24, 2.45) is 36.1 Å². The molecular weight excluding hydrogens is 912 g/mol. The number of phenolic OH excluding ortho intramolecular Hbond substituents is 1. The van der Waals surface area contributed by atoms with Crippen LogP contribution >= 0.6 is 54.8 Å². The van der Waals surface area contributed by atoms with Crippen LogP contribution in [0.4, 0.5) is 11.5 Å². The predicted molar refractivity (Wildman–Crippen MR) is 227 cm³/mol. The number of aromatic nitrogens is 2. The van der Waals surface area contributed by atoms with Crippen LogP contribution in [0.25, 0.3) is 20.7 Å². The maximum Gasteiger partial charge on any atom is 0.242 e. The summed E-state index contributed by atoms with van der Waals surface area (Å²) in [4.78, 5) is 74.4. The number of benzene rings is 3. The minimum atomic E-state index is -1.38. The highest BCUT2D eigenvalue weighted by atomic mass is 79.9. The monoisotopic (exact) mass is 944 g/mol. The van der Waals surface area contributed by atoms with Gasteiger partial charge in [-0.25, -0.2) is 4.90 Å². The molecule has 1 N–H and O–H groups in total. The quantitative estimate of drug-likeness (QED) is 0.101. The lowest BCUT2D eigenvalue weighted by atomic mass is 9.51. The largest absolute Gasteiger partial charge is 0.503 e. The van der Waals surface area contributed by atoms with Gasteiger partial charge in [-0.3, -0.25) is 33.6 Å². The molecule has 15 heteroatoms. The third-order valence-corrected chi connectivity index (χ3v) is 16.4. The van der Waals surface area contributed by atoms with Gasteiger partial charge in [0, 0.05) is 38.8 Å². The van der Waals surface area contributed by atoms with E-state index in [2.05, 4.69) is 31.9 Å². The number of Topliss-reactive ketones (excluding diaryl/α,β-unsaturated/α-hetero) is 1. The minimum Gasteiger partial charge on any atom is -0.503 e. The van der Waals surface area contributed by atoms with Gasteiger partial charge in [-0.05, 0) is 136 Å². The number of ether oxygens (including phenoxy) is 1. The highest BCUT2D eigenvalue weighted by Crippen LogP contribution is 2.65. The van der Waals surface area contributed by atoms with Crippen molar-refractivity contribution in [3.05, 3.63) is 96.9 Å². The lowest BCUT2D eigenvalue weighted by Gasteiger charge is -2.49. The number of thiophene rings is 1. The van der Waals surface area contributed by atoms with Crippen molar-refractivity contribution in [2.45, 2.75) is 39.5 Å². The molecular formula is C43H35Br2ClN4O7S. The van der Waals surface area contributed by atoms with E-state index >= 15 is 9.59 Å². The number of phenols is 1. The maximum atomic E-state index is 15.3. The van der Waals surface area contributed by atoms with E-state index in [1.165, 1.54) is 23.8 Å². The van der Waals surface area contributed by atoms with Crippen molar-refractivity contribution in [1.29, 1.82) is 0 Å². The van der Waals surface area contributed by atoms with E-state index in [0.29, 0.717) is 42.3 Å². The summed E-state index contributed by atoms with van der Waals surface area (Å²) in [5.74, 6) is -5.20. The molecule has 0 bridgehead atoms. The Morgan fingerprint density at radius 1 is 0.983 bits per heavy atom. The third-order valence-electron chi connectivity index (χ3n) is 12.7. The van der Waals surface area contributed by atoms with Gasteiger partial charge in [0.05, 0.1) is 45.3 Å². The Kier molecular flexibility index (Phi) is 9.19. The van der Waals surface area contributed by atoms with Gasteiger partial charge in [0.25, 0.3) is 0 Å². The van der Waals surface area contributed by atoms with Gasteiger partial charge in [0.15, 0.2) is 17.3 Å². The molecule has 3 fully saturated rings. The Morgan fingerprint density at radius 2 is 1.71 bits per heavy atom. The summed E-state index contributed by atoms with van der Waals surface area (Å²) < 4.78 is 8.93. The summed E-state index contributed by atoms with van der Waals surface area (Å²) in [7, 11) is 3.13. The number of ketones is 1. The SMILES string of the molecule is COc1cc(C2C3=CCC4C(=O)N(c5ccc(C(C)=O)cc5)C(=O)C4C3CC3C(=O)N(c4cc(-c5sc6ccc(Cl)cc6c5C)nn4C)C(=O)C32C)c(Br)c(Br)c1O. The topological polar surface area (TPSA) is 139 Å². The van der Waals surface area contributed by atoms with Crippen LogP contribution in [0, 0.1) is 36.0 Å². The number of hydrogen-bond acceptors (Lipinski definition) is 9. The number of aryl methyl sites for hydroxylation is 2. The van der Waals surface area contributed by atoms with E-state index < -0.39 is 52.7 Å². The van der Waals surface area contributed by atoms with Gasteiger partial charge >= 0.3 is 0 Å². The fourth-order valence-corrected chi connectivity index (χ4v) is 12.1. The predicted octanol–water partition coefficient (Wildman–Crippen LogP) is 9.14. The molecule has 296 valence electrons. The minimum absolute atomic E-state index is 0.138. The van der Waals surface area contributed by atoms with Crippen molar-refractivity contribution < 1.29 is 33.8 Å². The Hall–Kier alpha value is -4.63. The molecule has 0 radical (unpaired) electrons. The zero-order valence-electron chi connectivity index (χ0n) is 31.8. The summed E-state index contributed by atoms with van der Waals surface area (Å²) in [6.07, 6.45) is 2.35.